The third-order valence-electron chi connectivity index (χ3n) is 4.64. The zero-order chi connectivity index (χ0) is 15.9. The van der Waals surface area contributed by atoms with Gasteiger partial charge in [0, 0.05) is 17.6 Å². The van der Waals surface area contributed by atoms with Crippen LogP contribution in [0.5, 0.6) is 0 Å². The lowest BCUT2D eigenvalue weighted by atomic mass is 9.86. The van der Waals surface area contributed by atoms with Crippen molar-refractivity contribution < 1.29 is 4.79 Å². The van der Waals surface area contributed by atoms with E-state index in [1.54, 1.807) is 12.3 Å². The summed E-state index contributed by atoms with van der Waals surface area (Å²) in [6, 6.07) is 9.83. The van der Waals surface area contributed by atoms with Crippen molar-refractivity contribution in [2.24, 2.45) is 0 Å². The molecule has 3 nitrogen and oxygen atoms in total. The van der Waals surface area contributed by atoms with Crippen LogP contribution in [-0.2, 0) is 5.41 Å². The van der Waals surface area contributed by atoms with Crippen LogP contribution in [-0.4, -0.2) is 10.9 Å². The number of hydrogen-bond donors (Lipinski definition) is 1. The molecule has 3 rings (SSSR count). The molecule has 1 N–H and O–H groups in total. The van der Waals surface area contributed by atoms with Crippen molar-refractivity contribution in [2.75, 3.05) is 5.32 Å². The van der Waals surface area contributed by atoms with Gasteiger partial charge in [-0.15, -0.1) is 0 Å². The molecule has 0 unspecified atom stereocenters. The van der Waals surface area contributed by atoms with E-state index in [1.165, 1.54) is 11.1 Å². The van der Waals surface area contributed by atoms with Gasteiger partial charge in [-0.05, 0) is 54.0 Å². The second-order valence-corrected chi connectivity index (χ2v) is 6.85. The lowest BCUT2D eigenvalue weighted by Gasteiger charge is -2.19. The number of nitrogens with one attached hydrogen (secondary N) is 1. The molecule has 3 heteroatoms. The van der Waals surface area contributed by atoms with Crippen LogP contribution in [0.2, 0.25) is 0 Å². The minimum atomic E-state index is -0.0871. The SMILES string of the molecule is Cc1ncccc1C(=O)Nc1cccc2c1[C@H](C)CC2(C)C. The van der Waals surface area contributed by atoms with Gasteiger partial charge >= 0.3 is 0 Å². The lowest BCUT2D eigenvalue weighted by Crippen LogP contribution is -2.16. The maximum absolute atomic E-state index is 12.6. The Balaban J connectivity index is 1.97. The molecule has 1 heterocycles. The molecule has 0 radical (unpaired) electrons. The number of aryl methyl sites for hydroxylation is 1. The minimum Gasteiger partial charge on any atom is -0.322 e. The Morgan fingerprint density at radius 1 is 1.27 bits per heavy atom. The lowest BCUT2D eigenvalue weighted by molar-refractivity contribution is 0.102. The third-order valence-corrected chi connectivity index (χ3v) is 4.64. The van der Waals surface area contributed by atoms with E-state index in [2.05, 4.69) is 37.1 Å². The number of anilines is 1. The number of carbonyl (C=O) groups excluding carboxylic acids is 1. The first-order valence-electron chi connectivity index (χ1n) is 7.76. The number of carbonyl (C=O) groups is 1. The fourth-order valence-electron chi connectivity index (χ4n) is 3.69. The molecule has 0 aliphatic heterocycles. The van der Waals surface area contributed by atoms with E-state index >= 15 is 0 Å². The molecule has 0 fully saturated rings. The summed E-state index contributed by atoms with van der Waals surface area (Å²) in [7, 11) is 0. The Bertz CT molecular complexity index is 734. The van der Waals surface area contributed by atoms with Crippen molar-refractivity contribution in [2.45, 2.75) is 45.4 Å². The molecule has 2 aromatic rings. The Morgan fingerprint density at radius 3 is 2.77 bits per heavy atom. The van der Waals surface area contributed by atoms with Crippen LogP contribution in [0.25, 0.3) is 0 Å². The average molecular weight is 294 g/mol. The monoisotopic (exact) mass is 294 g/mol. The molecule has 0 saturated carbocycles. The summed E-state index contributed by atoms with van der Waals surface area (Å²) in [5.74, 6) is 0.368. The summed E-state index contributed by atoms with van der Waals surface area (Å²) >= 11 is 0. The highest BCUT2D eigenvalue weighted by Gasteiger charge is 2.36. The molecule has 1 aromatic heterocycles. The van der Waals surface area contributed by atoms with E-state index in [0.717, 1.165) is 17.8 Å². The Kier molecular flexibility index (Phi) is 3.51. The molecular weight excluding hydrogens is 272 g/mol. The zero-order valence-corrected chi connectivity index (χ0v) is 13.6. The number of benzene rings is 1. The van der Waals surface area contributed by atoms with Crippen molar-refractivity contribution in [3.05, 3.63) is 58.9 Å². The van der Waals surface area contributed by atoms with Crippen molar-refractivity contribution in [3.63, 3.8) is 0 Å². The van der Waals surface area contributed by atoms with Crippen LogP contribution in [0.4, 0.5) is 5.69 Å². The second-order valence-electron chi connectivity index (χ2n) is 6.85. The number of rotatable bonds is 2. The van der Waals surface area contributed by atoms with E-state index in [4.69, 9.17) is 0 Å². The van der Waals surface area contributed by atoms with Crippen molar-refractivity contribution in [1.82, 2.24) is 4.98 Å². The van der Waals surface area contributed by atoms with Gasteiger partial charge < -0.3 is 5.32 Å². The Labute approximate surface area is 131 Å². The summed E-state index contributed by atoms with van der Waals surface area (Å²) in [5, 5.41) is 3.09. The first-order chi connectivity index (χ1) is 10.4. The Morgan fingerprint density at radius 2 is 2.05 bits per heavy atom. The highest BCUT2D eigenvalue weighted by Crippen LogP contribution is 2.48. The van der Waals surface area contributed by atoms with Gasteiger partial charge in [0.25, 0.3) is 5.91 Å². The average Bonchev–Trinajstić information content (AvgIpc) is 2.70. The fourth-order valence-corrected chi connectivity index (χ4v) is 3.69. The van der Waals surface area contributed by atoms with Crippen LogP contribution in [0.3, 0.4) is 0 Å². The first kappa shape index (κ1) is 14.8. The topological polar surface area (TPSA) is 42.0 Å². The third kappa shape index (κ3) is 2.41. The van der Waals surface area contributed by atoms with Gasteiger partial charge in [-0.3, -0.25) is 9.78 Å². The molecule has 114 valence electrons. The molecule has 0 bridgehead atoms. The van der Waals surface area contributed by atoms with E-state index in [-0.39, 0.29) is 11.3 Å². The van der Waals surface area contributed by atoms with Crippen LogP contribution in [0.15, 0.2) is 36.5 Å². The molecule has 1 atom stereocenters. The van der Waals surface area contributed by atoms with Crippen molar-refractivity contribution in [3.8, 4) is 0 Å². The predicted molar refractivity (Wildman–Crippen MR) is 89.4 cm³/mol. The number of amides is 1. The molecular formula is C19H22N2O. The first-order valence-corrected chi connectivity index (χ1v) is 7.76. The van der Waals surface area contributed by atoms with Crippen LogP contribution < -0.4 is 5.32 Å². The molecule has 1 aromatic carbocycles. The smallest absolute Gasteiger partial charge is 0.257 e. The van der Waals surface area contributed by atoms with Crippen molar-refractivity contribution >= 4 is 11.6 Å². The summed E-state index contributed by atoms with van der Waals surface area (Å²) in [6.45, 7) is 8.63. The van der Waals surface area contributed by atoms with E-state index in [1.807, 2.05) is 25.1 Å². The maximum Gasteiger partial charge on any atom is 0.257 e. The van der Waals surface area contributed by atoms with Gasteiger partial charge in [0.1, 0.15) is 0 Å². The zero-order valence-electron chi connectivity index (χ0n) is 13.6. The van der Waals surface area contributed by atoms with Crippen LogP contribution in [0, 0.1) is 6.92 Å². The highest BCUT2D eigenvalue weighted by molar-refractivity contribution is 6.05. The number of hydrogen-bond acceptors (Lipinski definition) is 2. The maximum atomic E-state index is 12.6. The summed E-state index contributed by atoms with van der Waals surface area (Å²) in [5.41, 5.74) is 5.11. The summed E-state index contributed by atoms with van der Waals surface area (Å²) in [6.07, 6.45) is 2.82. The number of pyridine rings is 1. The van der Waals surface area contributed by atoms with Gasteiger partial charge in [0.05, 0.1) is 5.56 Å². The second kappa shape index (κ2) is 5.24. The van der Waals surface area contributed by atoms with Crippen LogP contribution >= 0.6 is 0 Å². The van der Waals surface area contributed by atoms with Crippen LogP contribution in [0.1, 0.15) is 60.3 Å². The van der Waals surface area contributed by atoms with Gasteiger partial charge in [-0.2, -0.15) is 0 Å². The quantitative estimate of drug-likeness (QED) is 0.890. The van der Waals surface area contributed by atoms with Gasteiger partial charge in [0.15, 0.2) is 0 Å². The largest absolute Gasteiger partial charge is 0.322 e. The molecule has 0 saturated heterocycles. The summed E-state index contributed by atoms with van der Waals surface area (Å²) < 4.78 is 0. The molecule has 22 heavy (non-hydrogen) atoms. The number of aromatic nitrogens is 1. The summed E-state index contributed by atoms with van der Waals surface area (Å²) in [4.78, 5) is 16.7. The van der Waals surface area contributed by atoms with E-state index in [9.17, 15) is 4.79 Å². The van der Waals surface area contributed by atoms with Gasteiger partial charge in [-0.25, -0.2) is 0 Å². The van der Waals surface area contributed by atoms with Gasteiger partial charge in [0.2, 0.25) is 0 Å². The minimum absolute atomic E-state index is 0.0871. The molecule has 1 amide bonds. The number of nitrogens with zero attached hydrogens (tertiary/aromatic N) is 1. The molecule has 1 aliphatic carbocycles. The predicted octanol–water partition coefficient (Wildman–Crippen LogP) is 4.43. The molecule has 0 spiro atoms. The number of fused-ring (bicyclic) bond motifs is 1. The van der Waals surface area contributed by atoms with Gasteiger partial charge in [-0.1, -0.05) is 32.9 Å². The van der Waals surface area contributed by atoms with E-state index in [0.29, 0.717) is 11.5 Å². The molecule has 1 aliphatic rings. The normalized spacial score (nSPS) is 18.8. The Hall–Kier alpha value is -2.16. The highest BCUT2D eigenvalue weighted by atomic mass is 16.1. The van der Waals surface area contributed by atoms with Crippen molar-refractivity contribution in [1.29, 1.82) is 0 Å². The standard InChI is InChI=1S/C19H22N2O/c1-12-11-19(3,4)15-8-5-9-16(17(12)15)21-18(22)14-7-6-10-20-13(14)2/h5-10,12H,11H2,1-4H3,(H,21,22)/t12-/m1/s1. The fraction of sp³-hybridized carbons (Fsp3) is 0.368. The van der Waals surface area contributed by atoms with E-state index < -0.39 is 0 Å².